The third-order valence-corrected chi connectivity index (χ3v) is 4.06. The Kier molecular flexibility index (Phi) is 3.43. The molecule has 0 saturated heterocycles. The highest BCUT2D eigenvalue weighted by molar-refractivity contribution is 5.68. The van der Waals surface area contributed by atoms with E-state index in [1.54, 1.807) is 24.4 Å². The molecule has 3 aromatic rings. The number of pyridine rings is 1. The van der Waals surface area contributed by atoms with Crippen molar-refractivity contribution >= 4 is 0 Å². The number of rotatable bonds is 2. The van der Waals surface area contributed by atoms with Crippen LogP contribution in [0.25, 0.3) is 11.4 Å². The summed E-state index contributed by atoms with van der Waals surface area (Å²) in [6, 6.07) is 13.5. The SMILES string of the molecule is N#CC1=C(N)Oc2n[nH]c(-c3ccccn3)c2C1c1ccc(F)cc1. The highest BCUT2D eigenvalue weighted by Crippen LogP contribution is 2.45. The number of fused-ring (bicyclic) bond motifs is 1. The third kappa shape index (κ3) is 2.40. The van der Waals surface area contributed by atoms with Gasteiger partial charge in [-0.15, -0.1) is 5.10 Å². The first-order valence-corrected chi connectivity index (χ1v) is 7.51. The predicted molar refractivity (Wildman–Crippen MR) is 87.5 cm³/mol. The van der Waals surface area contributed by atoms with Gasteiger partial charge in [-0.3, -0.25) is 10.1 Å². The lowest BCUT2D eigenvalue weighted by molar-refractivity contribution is 0.379. The maximum absolute atomic E-state index is 13.3. The van der Waals surface area contributed by atoms with Gasteiger partial charge in [0.2, 0.25) is 11.8 Å². The molecule has 7 heteroatoms. The lowest BCUT2D eigenvalue weighted by Crippen LogP contribution is -2.21. The molecular formula is C18H12FN5O. The second kappa shape index (κ2) is 5.76. The van der Waals surface area contributed by atoms with Crippen LogP contribution in [0.2, 0.25) is 0 Å². The average Bonchev–Trinajstić information content (AvgIpc) is 3.05. The number of hydrogen-bond donors (Lipinski definition) is 2. The second-order valence-corrected chi connectivity index (χ2v) is 5.51. The molecule has 0 aliphatic carbocycles. The summed E-state index contributed by atoms with van der Waals surface area (Å²) >= 11 is 0. The number of H-pyrrole nitrogens is 1. The summed E-state index contributed by atoms with van der Waals surface area (Å²) < 4.78 is 18.8. The maximum Gasteiger partial charge on any atom is 0.244 e. The van der Waals surface area contributed by atoms with Gasteiger partial charge in [-0.25, -0.2) is 4.39 Å². The number of nitrogens with two attached hydrogens (primary N) is 1. The number of benzene rings is 1. The van der Waals surface area contributed by atoms with E-state index in [9.17, 15) is 9.65 Å². The van der Waals surface area contributed by atoms with Gasteiger partial charge >= 0.3 is 0 Å². The summed E-state index contributed by atoms with van der Waals surface area (Å²) in [6.45, 7) is 0. The number of nitrogens with zero attached hydrogens (tertiary/aromatic N) is 3. The van der Waals surface area contributed by atoms with Crippen molar-refractivity contribution < 1.29 is 9.13 Å². The van der Waals surface area contributed by atoms with E-state index in [-0.39, 0.29) is 23.2 Å². The molecule has 2 aromatic heterocycles. The Balaban J connectivity index is 1.95. The fraction of sp³-hybridized carbons (Fsp3) is 0.0556. The molecule has 0 fully saturated rings. The third-order valence-electron chi connectivity index (χ3n) is 4.06. The summed E-state index contributed by atoms with van der Waals surface area (Å²) in [5.74, 6) is -0.608. The van der Waals surface area contributed by atoms with Crippen molar-refractivity contribution in [2.75, 3.05) is 0 Å². The van der Waals surface area contributed by atoms with Crippen molar-refractivity contribution in [3.8, 4) is 23.3 Å². The molecule has 1 unspecified atom stereocenters. The van der Waals surface area contributed by atoms with Gasteiger partial charge < -0.3 is 10.5 Å². The standard InChI is InChI=1S/C18H12FN5O/c19-11-6-4-10(5-7-11)14-12(9-20)17(21)25-18-15(14)16(23-24-18)13-3-1-2-8-22-13/h1-8,14H,21H2,(H,23,24). The molecule has 3 N–H and O–H groups in total. The number of aromatic nitrogens is 3. The largest absolute Gasteiger partial charge is 0.420 e. The van der Waals surface area contributed by atoms with Crippen LogP contribution >= 0.6 is 0 Å². The fourth-order valence-electron chi connectivity index (χ4n) is 2.94. The zero-order valence-electron chi connectivity index (χ0n) is 12.9. The Bertz CT molecular complexity index is 1000. The number of ether oxygens (including phenoxy) is 1. The molecule has 1 aliphatic rings. The van der Waals surface area contributed by atoms with Crippen molar-refractivity contribution in [3.63, 3.8) is 0 Å². The molecule has 0 bridgehead atoms. The van der Waals surface area contributed by atoms with Crippen molar-refractivity contribution in [1.29, 1.82) is 5.26 Å². The Morgan fingerprint density at radius 2 is 2.00 bits per heavy atom. The van der Waals surface area contributed by atoms with Crippen LogP contribution in [-0.2, 0) is 0 Å². The molecule has 25 heavy (non-hydrogen) atoms. The molecule has 1 aromatic carbocycles. The van der Waals surface area contributed by atoms with Gasteiger partial charge in [0.15, 0.2) is 0 Å². The lowest BCUT2D eigenvalue weighted by Gasteiger charge is -2.23. The first-order chi connectivity index (χ1) is 12.2. The molecule has 122 valence electrons. The zero-order chi connectivity index (χ0) is 17.4. The molecule has 1 atom stereocenters. The van der Waals surface area contributed by atoms with Crippen molar-refractivity contribution in [2.45, 2.75) is 5.92 Å². The van der Waals surface area contributed by atoms with E-state index in [0.717, 1.165) is 0 Å². The Morgan fingerprint density at radius 1 is 1.20 bits per heavy atom. The zero-order valence-corrected chi connectivity index (χ0v) is 12.9. The quantitative estimate of drug-likeness (QED) is 0.751. The molecule has 0 spiro atoms. The van der Waals surface area contributed by atoms with Crippen LogP contribution in [0.1, 0.15) is 17.0 Å². The van der Waals surface area contributed by atoms with Gasteiger partial charge in [0, 0.05) is 6.20 Å². The fourth-order valence-corrected chi connectivity index (χ4v) is 2.94. The number of nitrogens with one attached hydrogen (secondary N) is 1. The smallest absolute Gasteiger partial charge is 0.244 e. The summed E-state index contributed by atoms with van der Waals surface area (Å²) in [7, 11) is 0. The minimum atomic E-state index is -0.523. The molecular weight excluding hydrogens is 321 g/mol. The van der Waals surface area contributed by atoms with E-state index in [4.69, 9.17) is 10.5 Å². The van der Waals surface area contributed by atoms with E-state index < -0.39 is 5.92 Å². The molecule has 0 radical (unpaired) electrons. The summed E-state index contributed by atoms with van der Waals surface area (Å²) in [5, 5.41) is 16.7. The highest BCUT2D eigenvalue weighted by atomic mass is 19.1. The molecule has 3 heterocycles. The van der Waals surface area contributed by atoms with Gasteiger partial charge in [0.25, 0.3) is 0 Å². The number of halogens is 1. The van der Waals surface area contributed by atoms with Gasteiger partial charge in [-0.2, -0.15) is 5.26 Å². The Morgan fingerprint density at radius 3 is 2.68 bits per heavy atom. The first kappa shape index (κ1) is 14.9. The summed E-state index contributed by atoms with van der Waals surface area (Å²) in [5.41, 5.74) is 8.80. The molecule has 1 aliphatic heterocycles. The number of allylic oxidation sites excluding steroid dienone is 1. The number of nitriles is 1. The van der Waals surface area contributed by atoms with Crippen LogP contribution in [0.4, 0.5) is 4.39 Å². The Labute approximate surface area is 142 Å². The first-order valence-electron chi connectivity index (χ1n) is 7.51. The second-order valence-electron chi connectivity index (χ2n) is 5.51. The maximum atomic E-state index is 13.3. The van der Waals surface area contributed by atoms with Gasteiger partial charge in [-0.05, 0) is 29.8 Å². The van der Waals surface area contributed by atoms with Crippen LogP contribution in [-0.4, -0.2) is 15.2 Å². The monoisotopic (exact) mass is 333 g/mol. The van der Waals surface area contributed by atoms with E-state index in [1.165, 1.54) is 12.1 Å². The normalized spacial score (nSPS) is 16.1. The van der Waals surface area contributed by atoms with Crippen LogP contribution in [0, 0.1) is 17.1 Å². The summed E-state index contributed by atoms with van der Waals surface area (Å²) in [4.78, 5) is 4.32. The Hall–Kier alpha value is -3.66. The van der Waals surface area contributed by atoms with Crippen LogP contribution in [0.3, 0.4) is 0 Å². The predicted octanol–water partition coefficient (Wildman–Crippen LogP) is 2.83. The average molecular weight is 333 g/mol. The van der Waals surface area contributed by atoms with Crippen LogP contribution in [0.5, 0.6) is 5.88 Å². The van der Waals surface area contributed by atoms with Gasteiger partial charge in [0.05, 0.1) is 22.9 Å². The minimum Gasteiger partial charge on any atom is -0.420 e. The van der Waals surface area contributed by atoms with Crippen LogP contribution < -0.4 is 10.5 Å². The highest BCUT2D eigenvalue weighted by Gasteiger charge is 2.35. The minimum absolute atomic E-state index is 0.0107. The topological polar surface area (TPSA) is 101 Å². The van der Waals surface area contributed by atoms with Gasteiger partial charge in [0.1, 0.15) is 17.5 Å². The van der Waals surface area contributed by atoms with E-state index >= 15 is 0 Å². The van der Waals surface area contributed by atoms with Crippen LogP contribution in [0.15, 0.2) is 60.1 Å². The molecule has 4 rings (SSSR count). The van der Waals surface area contributed by atoms with Crippen molar-refractivity contribution in [3.05, 3.63) is 77.1 Å². The van der Waals surface area contributed by atoms with E-state index in [0.29, 0.717) is 22.5 Å². The number of hydrogen-bond acceptors (Lipinski definition) is 5. The van der Waals surface area contributed by atoms with Crippen molar-refractivity contribution in [2.24, 2.45) is 5.73 Å². The van der Waals surface area contributed by atoms with E-state index in [1.807, 2.05) is 12.1 Å². The summed E-state index contributed by atoms with van der Waals surface area (Å²) in [6.07, 6.45) is 1.66. The number of aromatic amines is 1. The van der Waals surface area contributed by atoms with E-state index in [2.05, 4.69) is 21.3 Å². The van der Waals surface area contributed by atoms with Crippen molar-refractivity contribution in [1.82, 2.24) is 15.2 Å². The molecule has 0 saturated carbocycles. The molecule has 0 amide bonds. The molecule has 6 nitrogen and oxygen atoms in total. The lowest BCUT2D eigenvalue weighted by atomic mass is 9.83. The van der Waals surface area contributed by atoms with Gasteiger partial charge in [-0.1, -0.05) is 18.2 Å².